The summed E-state index contributed by atoms with van der Waals surface area (Å²) in [5.74, 6) is 0. The summed E-state index contributed by atoms with van der Waals surface area (Å²) in [4.78, 5) is 0. The van der Waals surface area contributed by atoms with E-state index in [2.05, 4.69) is 25.2 Å². The van der Waals surface area contributed by atoms with Gasteiger partial charge in [-0.1, -0.05) is 37.1 Å². The molecular formula is C17H29NO2. The minimum Gasteiger partial charge on any atom is -0.387 e. The zero-order valence-electron chi connectivity index (χ0n) is 13.1. The first-order valence-electron chi connectivity index (χ1n) is 7.68. The van der Waals surface area contributed by atoms with Gasteiger partial charge in [-0.3, -0.25) is 0 Å². The predicted octanol–water partition coefficient (Wildman–Crippen LogP) is 3.13. The Bertz CT molecular complexity index is 379. The van der Waals surface area contributed by atoms with Crippen LogP contribution < -0.4 is 5.32 Å². The van der Waals surface area contributed by atoms with Gasteiger partial charge in [0.15, 0.2) is 0 Å². The molecule has 0 aliphatic carbocycles. The van der Waals surface area contributed by atoms with Crippen LogP contribution in [0.2, 0.25) is 0 Å². The molecule has 0 fully saturated rings. The van der Waals surface area contributed by atoms with Gasteiger partial charge in [0.2, 0.25) is 0 Å². The van der Waals surface area contributed by atoms with Crippen LogP contribution in [-0.2, 0) is 4.74 Å². The maximum atomic E-state index is 10.2. The molecular weight excluding hydrogens is 250 g/mol. The Kier molecular flexibility index (Phi) is 8.51. The quantitative estimate of drug-likeness (QED) is 0.647. The van der Waals surface area contributed by atoms with Crippen LogP contribution in [0.15, 0.2) is 18.2 Å². The Morgan fingerprint density at radius 3 is 2.65 bits per heavy atom. The number of aliphatic hydroxyl groups excluding tert-OH is 1. The van der Waals surface area contributed by atoms with Crippen molar-refractivity contribution in [3.8, 4) is 0 Å². The summed E-state index contributed by atoms with van der Waals surface area (Å²) in [6.45, 7) is 9.42. The highest BCUT2D eigenvalue weighted by atomic mass is 16.5. The van der Waals surface area contributed by atoms with Crippen LogP contribution >= 0.6 is 0 Å². The van der Waals surface area contributed by atoms with Crippen LogP contribution in [0.4, 0.5) is 0 Å². The normalized spacial score (nSPS) is 12.6. The number of hydrogen-bond donors (Lipinski definition) is 2. The maximum absolute atomic E-state index is 10.2. The summed E-state index contributed by atoms with van der Waals surface area (Å²) in [5.41, 5.74) is 3.40. The molecule has 0 bridgehead atoms. The summed E-state index contributed by atoms with van der Waals surface area (Å²) in [6.07, 6.45) is 2.87. The number of hydrogen-bond acceptors (Lipinski definition) is 3. The second-order valence-electron chi connectivity index (χ2n) is 5.40. The Labute approximate surface area is 123 Å². The van der Waals surface area contributed by atoms with Gasteiger partial charge in [-0.15, -0.1) is 0 Å². The van der Waals surface area contributed by atoms with Crippen molar-refractivity contribution in [2.24, 2.45) is 0 Å². The lowest BCUT2D eigenvalue weighted by atomic mass is 10.0. The molecule has 3 nitrogen and oxygen atoms in total. The molecule has 1 atom stereocenters. The average Bonchev–Trinajstić information content (AvgIpc) is 2.41. The summed E-state index contributed by atoms with van der Waals surface area (Å²) >= 11 is 0. The van der Waals surface area contributed by atoms with Crippen LogP contribution in [0, 0.1) is 13.8 Å². The number of aliphatic hydroxyl groups is 1. The van der Waals surface area contributed by atoms with E-state index in [9.17, 15) is 5.11 Å². The van der Waals surface area contributed by atoms with Crippen molar-refractivity contribution in [1.82, 2.24) is 5.32 Å². The number of aryl methyl sites for hydroxylation is 2. The molecule has 0 amide bonds. The lowest BCUT2D eigenvalue weighted by molar-refractivity contribution is 0.126. The zero-order valence-corrected chi connectivity index (χ0v) is 13.1. The van der Waals surface area contributed by atoms with E-state index in [1.54, 1.807) is 0 Å². The van der Waals surface area contributed by atoms with E-state index in [0.717, 1.165) is 43.7 Å². The maximum Gasteiger partial charge on any atom is 0.0916 e. The largest absolute Gasteiger partial charge is 0.387 e. The van der Waals surface area contributed by atoms with Gasteiger partial charge in [-0.25, -0.2) is 0 Å². The summed E-state index contributed by atoms with van der Waals surface area (Å²) in [6, 6.07) is 6.18. The lowest BCUT2D eigenvalue weighted by Crippen LogP contribution is -2.23. The molecule has 1 unspecified atom stereocenters. The van der Waals surface area contributed by atoms with Crippen molar-refractivity contribution >= 4 is 0 Å². The van der Waals surface area contributed by atoms with Gasteiger partial charge in [0, 0.05) is 19.8 Å². The highest BCUT2D eigenvalue weighted by Crippen LogP contribution is 2.18. The molecule has 114 valence electrons. The molecule has 0 radical (unpaired) electrons. The second-order valence-corrected chi connectivity index (χ2v) is 5.40. The third-order valence-electron chi connectivity index (χ3n) is 3.41. The molecule has 0 saturated carbocycles. The molecule has 1 aromatic carbocycles. The first-order valence-corrected chi connectivity index (χ1v) is 7.68. The van der Waals surface area contributed by atoms with Crippen molar-refractivity contribution in [2.75, 3.05) is 26.3 Å². The van der Waals surface area contributed by atoms with Crippen LogP contribution in [-0.4, -0.2) is 31.4 Å². The van der Waals surface area contributed by atoms with E-state index in [4.69, 9.17) is 4.74 Å². The zero-order chi connectivity index (χ0) is 14.8. The van der Waals surface area contributed by atoms with Crippen LogP contribution in [0.25, 0.3) is 0 Å². The minimum atomic E-state index is -0.434. The third kappa shape index (κ3) is 6.51. The lowest BCUT2D eigenvalue weighted by Gasteiger charge is -2.15. The fourth-order valence-corrected chi connectivity index (χ4v) is 2.20. The molecule has 0 spiro atoms. The predicted molar refractivity (Wildman–Crippen MR) is 84.1 cm³/mol. The van der Waals surface area contributed by atoms with Gasteiger partial charge in [-0.05, 0) is 44.4 Å². The van der Waals surface area contributed by atoms with Gasteiger partial charge in [0.1, 0.15) is 0 Å². The summed E-state index contributed by atoms with van der Waals surface area (Å²) in [5, 5.41) is 13.5. The second kappa shape index (κ2) is 9.92. The number of benzene rings is 1. The molecule has 0 saturated heterocycles. The van der Waals surface area contributed by atoms with E-state index >= 15 is 0 Å². The monoisotopic (exact) mass is 279 g/mol. The van der Waals surface area contributed by atoms with Crippen molar-refractivity contribution in [3.63, 3.8) is 0 Å². The van der Waals surface area contributed by atoms with Gasteiger partial charge in [-0.2, -0.15) is 0 Å². The summed E-state index contributed by atoms with van der Waals surface area (Å²) < 4.78 is 5.50. The van der Waals surface area contributed by atoms with E-state index < -0.39 is 6.10 Å². The van der Waals surface area contributed by atoms with E-state index in [-0.39, 0.29) is 0 Å². The SMILES string of the molecule is CCCCOCCCNCC(O)c1ccc(C)cc1C. The smallest absolute Gasteiger partial charge is 0.0916 e. The number of ether oxygens (including phenoxy) is 1. The molecule has 0 aliphatic rings. The topological polar surface area (TPSA) is 41.5 Å². The van der Waals surface area contributed by atoms with Crippen molar-refractivity contribution in [1.29, 1.82) is 0 Å². The Hall–Kier alpha value is -0.900. The van der Waals surface area contributed by atoms with Crippen molar-refractivity contribution < 1.29 is 9.84 Å². The molecule has 20 heavy (non-hydrogen) atoms. The third-order valence-corrected chi connectivity index (χ3v) is 3.41. The van der Waals surface area contributed by atoms with Gasteiger partial charge in [0.05, 0.1) is 6.10 Å². The van der Waals surface area contributed by atoms with Gasteiger partial charge >= 0.3 is 0 Å². The van der Waals surface area contributed by atoms with Gasteiger partial charge < -0.3 is 15.2 Å². The first kappa shape index (κ1) is 17.2. The number of nitrogens with one attached hydrogen (secondary N) is 1. The molecule has 3 heteroatoms. The van der Waals surface area contributed by atoms with E-state index in [0.29, 0.717) is 6.54 Å². The van der Waals surface area contributed by atoms with Crippen LogP contribution in [0.3, 0.4) is 0 Å². The molecule has 1 aromatic rings. The fourth-order valence-electron chi connectivity index (χ4n) is 2.20. The Balaban J connectivity index is 2.15. The van der Waals surface area contributed by atoms with Crippen LogP contribution in [0.5, 0.6) is 0 Å². The van der Waals surface area contributed by atoms with Crippen LogP contribution in [0.1, 0.15) is 49.0 Å². The fraction of sp³-hybridized carbons (Fsp3) is 0.647. The van der Waals surface area contributed by atoms with E-state index in [1.165, 1.54) is 12.0 Å². The molecule has 0 aromatic heterocycles. The van der Waals surface area contributed by atoms with Crippen molar-refractivity contribution in [2.45, 2.75) is 46.1 Å². The molecule has 1 rings (SSSR count). The number of unbranched alkanes of at least 4 members (excludes halogenated alkanes) is 1. The average molecular weight is 279 g/mol. The standard InChI is InChI=1S/C17H29NO2/c1-4-5-10-20-11-6-9-18-13-17(19)16-8-7-14(2)12-15(16)3/h7-8,12,17-19H,4-6,9-11,13H2,1-3H3. The molecule has 0 aliphatic heterocycles. The molecule has 2 N–H and O–H groups in total. The molecule has 0 heterocycles. The Morgan fingerprint density at radius 2 is 1.95 bits per heavy atom. The number of rotatable bonds is 10. The first-order chi connectivity index (χ1) is 9.65. The van der Waals surface area contributed by atoms with Crippen molar-refractivity contribution in [3.05, 3.63) is 34.9 Å². The summed E-state index contributed by atoms with van der Waals surface area (Å²) in [7, 11) is 0. The highest BCUT2D eigenvalue weighted by Gasteiger charge is 2.09. The van der Waals surface area contributed by atoms with Gasteiger partial charge in [0.25, 0.3) is 0 Å². The minimum absolute atomic E-state index is 0.434. The Morgan fingerprint density at radius 1 is 1.20 bits per heavy atom. The highest BCUT2D eigenvalue weighted by molar-refractivity contribution is 5.32. The van der Waals surface area contributed by atoms with E-state index in [1.807, 2.05) is 19.1 Å².